The highest BCUT2D eigenvalue weighted by atomic mass is 16.5. The molecule has 104 valence electrons. The first-order chi connectivity index (χ1) is 9.49. The minimum absolute atomic E-state index is 0.140. The van der Waals surface area contributed by atoms with Crippen LogP contribution in [-0.2, 0) is 6.42 Å². The molecule has 0 unspecified atom stereocenters. The Kier molecular flexibility index (Phi) is 4.01. The molecule has 2 heterocycles. The number of nitrogens with zero attached hydrogens (tertiary/aromatic N) is 3. The van der Waals surface area contributed by atoms with Gasteiger partial charge >= 0.3 is 0 Å². The number of ether oxygens (including phenoxy) is 1. The van der Waals surface area contributed by atoms with Gasteiger partial charge in [-0.1, -0.05) is 6.08 Å². The maximum absolute atomic E-state index is 9.63. The van der Waals surface area contributed by atoms with E-state index in [0.29, 0.717) is 23.5 Å². The van der Waals surface area contributed by atoms with E-state index in [1.165, 1.54) is 12.3 Å². The number of aromatic nitrogens is 3. The molecule has 0 aliphatic rings. The molecule has 2 aromatic heterocycles. The van der Waals surface area contributed by atoms with E-state index in [9.17, 15) is 5.11 Å². The van der Waals surface area contributed by atoms with Gasteiger partial charge in [0, 0.05) is 17.8 Å². The summed E-state index contributed by atoms with van der Waals surface area (Å²) in [7, 11) is 0. The van der Waals surface area contributed by atoms with Crippen molar-refractivity contribution in [3.63, 3.8) is 0 Å². The van der Waals surface area contributed by atoms with Crippen LogP contribution in [0.1, 0.15) is 19.4 Å². The molecular weight excluding hydrogens is 256 g/mol. The predicted molar refractivity (Wildman–Crippen MR) is 74.1 cm³/mol. The summed E-state index contributed by atoms with van der Waals surface area (Å²) in [4.78, 5) is 11.6. The van der Waals surface area contributed by atoms with Crippen LogP contribution in [-0.4, -0.2) is 32.3 Å². The summed E-state index contributed by atoms with van der Waals surface area (Å²) >= 11 is 0. The fraction of sp³-hybridized carbons (Fsp3) is 0.357. The third kappa shape index (κ3) is 3.56. The largest absolute Gasteiger partial charge is 0.474 e. The Morgan fingerprint density at radius 1 is 1.55 bits per heavy atom. The molecule has 0 fully saturated rings. The summed E-state index contributed by atoms with van der Waals surface area (Å²) in [6, 6.07) is 1.95. The number of fused-ring (bicyclic) bond motifs is 1. The molecule has 2 aromatic rings. The van der Waals surface area contributed by atoms with Crippen molar-refractivity contribution in [2.24, 2.45) is 0 Å². The molecule has 0 saturated heterocycles. The maximum Gasteiger partial charge on any atom is 0.233 e. The number of nitriles is 1. The lowest BCUT2D eigenvalue weighted by Gasteiger charge is -2.16. The van der Waals surface area contributed by atoms with Crippen LogP contribution in [0.15, 0.2) is 24.5 Å². The van der Waals surface area contributed by atoms with Crippen LogP contribution < -0.4 is 4.74 Å². The molecule has 0 aliphatic heterocycles. The van der Waals surface area contributed by atoms with E-state index in [1.807, 2.05) is 12.3 Å². The van der Waals surface area contributed by atoms with Gasteiger partial charge in [0.2, 0.25) is 5.88 Å². The number of hydrogen-bond donors (Lipinski definition) is 2. The van der Waals surface area contributed by atoms with E-state index in [0.717, 1.165) is 5.56 Å². The number of aromatic amines is 1. The minimum Gasteiger partial charge on any atom is -0.474 e. The van der Waals surface area contributed by atoms with Crippen molar-refractivity contribution in [1.82, 2.24) is 15.0 Å². The number of rotatable bonds is 5. The number of hydrogen-bond acceptors (Lipinski definition) is 5. The van der Waals surface area contributed by atoms with Crippen molar-refractivity contribution < 1.29 is 9.84 Å². The molecule has 2 rings (SSSR count). The molecule has 0 bridgehead atoms. The minimum atomic E-state index is -0.923. The van der Waals surface area contributed by atoms with E-state index in [-0.39, 0.29) is 6.61 Å². The zero-order valence-electron chi connectivity index (χ0n) is 11.4. The van der Waals surface area contributed by atoms with Crippen LogP contribution in [0, 0.1) is 11.3 Å². The van der Waals surface area contributed by atoms with Crippen LogP contribution in [0.25, 0.3) is 11.2 Å². The van der Waals surface area contributed by atoms with Gasteiger partial charge in [0.25, 0.3) is 0 Å². The van der Waals surface area contributed by atoms with Gasteiger partial charge in [0.15, 0.2) is 5.65 Å². The fourth-order valence-corrected chi connectivity index (χ4v) is 1.64. The summed E-state index contributed by atoms with van der Waals surface area (Å²) in [6.07, 6.45) is 7.11. The normalized spacial score (nSPS) is 11.9. The van der Waals surface area contributed by atoms with Crippen LogP contribution in [0.5, 0.6) is 5.88 Å². The molecule has 6 heteroatoms. The van der Waals surface area contributed by atoms with E-state index in [2.05, 4.69) is 15.0 Å². The monoisotopic (exact) mass is 272 g/mol. The van der Waals surface area contributed by atoms with Gasteiger partial charge in [0.05, 0.1) is 17.9 Å². The Morgan fingerprint density at radius 2 is 2.35 bits per heavy atom. The predicted octanol–water partition coefficient (Wildman–Crippen LogP) is 1.73. The van der Waals surface area contributed by atoms with E-state index in [1.54, 1.807) is 19.9 Å². The lowest BCUT2D eigenvalue weighted by atomic mass is 10.2. The Bertz CT molecular complexity index is 662. The average Bonchev–Trinajstić information content (AvgIpc) is 2.79. The highest BCUT2D eigenvalue weighted by Crippen LogP contribution is 2.18. The second kappa shape index (κ2) is 5.72. The van der Waals surface area contributed by atoms with Crippen molar-refractivity contribution >= 4 is 11.2 Å². The highest BCUT2D eigenvalue weighted by Gasteiger charge is 2.14. The summed E-state index contributed by atoms with van der Waals surface area (Å²) in [5, 5.41) is 18.1. The molecule has 0 aromatic carbocycles. The Hall–Kier alpha value is -2.39. The summed E-state index contributed by atoms with van der Waals surface area (Å²) < 4.78 is 5.42. The third-order valence-corrected chi connectivity index (χ3v) is 2.54. The molecule has 0 saturated carbocycles. The van der Waals surface area contributed by atoms with E-state index in [4.69, 9.17) is 10.00 Å². The standard InChI is InChI=1S/C14H16N4O2/c1-14(2,19)9-20-11-8-17-13-12(18-11)10(7-16-13)5-3-4-6-15/h3-4,7-8,19H,5,9H2,1-2H3,(H,16,17)/b4-3+. The van der Waals surface area contributed by atoms with Crippen molar-refractivity contribution in [3.05, 3.63) is 30.1 Å². The smallest absolute Gasteiger partial charge is 0.233 e. The molecule has 0 aliphatic carbocycles. The molecule has 0 amide bonds. The average molecular weight is 272 g/mol. The van der Waals surface area contributed by atoms with Gasteiger partial charge in [-0.25, -0.2) is 9.97 Å². The summed E-state index contributed by atoms with van der Waals surface area (Å²) in [6.45, 7) is 3.46. The fourth-order valence-electron chi connectivity index (χ4n) is 1.64. The number of allylic oxidation sites excluding steroid dienone is 2. The summed E-state index contributed by atoms with van der Waals surface area (Å²) in [5.41, 5.74) is 1.39. The van der Waals surface area contributed by atoms with Gasteiger partial charge in [-0.2, -0.15) is 5.26 Å². The highest BCUT2D eigenvalue weighted by molar-refractivity contribution is 5.75. The quantitative estimate of drug-likeness (QED) is 0.808. The van der Waals surface area contributed by atoms with Crippen molar-refractivity contribution in [2.45, 2.75) is 25.9 Å². The maximum atomic E-state index is 9.63. The van der Waals surface area contributed by atoms with Crippen LogP contribution in [0.2, 0.25) is 0 Å². The van der Waals surface area contributed by atoms with Gasteiger partial charge in [-0.05, 0) is 20.3 Å². The molecule has 0 atom stereocenters. The molecular formula is C14H16N4O2. The first-order valence-corrected chi connectivity index (χ1v) is 6.22. The lowest BCUT2D eigenvalue weighted by Crippen LogP contribution is -2.28. The van der Waals surface area contributed by atoms with Gasteiger partial charge in [-0.3, -0.25) is 0 Å². The second-order valence-electron chi connectivity index (χ2n) is 5.06. The third-order valence-electron chi connectivity index (χ3n) is 2.54. The first kappa shape index (κ1) is 14.0. The number of aliphatic hydroxyl groups is 1. The lowest BCUT2D eigenvalue weighted by molar-refractivity contribution is 0.0268. The van der Waals surface area contributed by atoms with Crippen molar-refractivity contribution in [3.8, 4) is 11.9 Å². The zero-order valence-corrected chi connectivity index (χ0v) is 11.4. The second-order valence-corrected chi connectivity index (χ2v) is 5.06. The SMILES string of the molecule is CC(C)(O)COc1cnc2[nH]cc(C/C=C/C#N)c2n1. The van der Waals surface area contributed by atoms with Gasteiger partial charge in [0.1, 0.15) is 12.1 Å². The van der Waals surface area contributed by atoms with Crippen LogP contribution >= 0.6 is 0 Å². The molecule has 2 N–H and O–H groups in total. The topological polar surface area (TPSA) is 94.8 Å². The first-order valence-electron chi connectivity index (χ1n) is 6.22. The van der Waals surface area contributed by atoms with Crippen molar-refractivity contribution in [2.75, 3.05) is 6.61 Å². The zero-order chi connectivity index (χ0) is 14.6. The van der Waals surface area contributed by atoms with Crippen LogP contribution in [0.4, 0.5) is 0 Å². The Balaban J connectivity index is 2.21. The van der Waals surface area contributed by atoms with Gasteiger partial charge in [-0.15, -0.1) is 0 Å². The Morgan fingerprint density at radius 3 is 3.05 bits per heavy atom. The number of nitrogens with one attached hydrogen (secondary N) is 1. The van der Waals surface area contributed by atoms with Gasteiger partial charge < -0.3 is 14.8 Å². The van der Waals surface area contributed by atoms with Crippen LogP contribution in [0.3, 0.4) is 0 Å². The molecule has 20 heavy (non-hydrogen) atoms. The molecule has 0 spiro atoms. The number of H-pyrrole nitrogens is 1. The van der Waals surface area contributed by atoms with Crippen molar-refractivity contribution in [1.29, 1.82) is 5.26 Å². The van der Waals surface area contributed by atoms with E-state index < -0.39 is 5.60 Å². The molecule has 6 nitrogen and oxygen atoms in total. The summed E-state index contributed by atoms with van der Waals surface area (Å²) in [5.74, 6) is 0.365. The Labute approximate surface area is 116 Å². The molecule has 0 radical (unpaired) electrons. The van der Waals surface area contributed by atoms with E-state index >= 15 is 0 Å².